The Morgan fingerprint density at radius 1 is 0.615 bits per heavy atom. The van der Waals surface area contributed by atoms with Crippen LogP contribution in [0.25, 0.3) is 0 Å². The molecule has 9 nitrogen and oxygen atoms in total. The van der Waals surface area contributed by atoms with E-state index in [1.54, 1.807) is 14.2 Å². The van der Waals surface area contributed by atoms with Crippen molar-refractivity contribution in [3.8, 4) is 11.5 Å². The van der Waals surface area contributed by atoms with Gasteiger partial charge in [0.15, 0.2) is 11.6 Å². The Labute approximate surface area is 228 Å². The van der Waals surface area contributed by atoms with Crippen molar-refractivity contribution in [2.75, 3.05) is 67.1 Å². The summed E-state index contributed by atoms with van der Waals surface area (Å²) in [6.45, 7) is 1.73. The first kappa shape index (κ1) is 28.7. The van der Waals surface area contributed by atoms with Gasteiger partial charge in [0.1, 0.15) is 23.7 Å². The first-order valence-corrected chi connectivity index (χ1v) is 12.8. The van der Waals surface area contributed by atoms with Crippen LogP contribution in [-0.2, 0) is 33.3 Å². The number of hydrogen-bond acceptors (Lipinski definition) is 9. The molecule has 1 fully saturated rings. The number of hydrogen-bond donors (Lipinski definition) is 0. The maximum absolute atomic E-state index is 13.1. The monoisotopic (exact) mass is 538 g/mol. The van der Waals surface area contributed by atoms with E-state index < -0.39 is 12.2 Å². The average molecular weight is 539 g/mol. The Bertz CT molecular complexity index is 1060. The maximum atomic E-state index is 13.1. The molecule has 0 N–H and O–H groups in total. The van der Waals surface area contributed by atoms with E-state index in [1.807, 2.05) is 48.5 Å². The van der Waals surface area contributed by atoms with Crippen LogP contribution in [0.4, 0.5) is 0 Å². The number of carbonyl (C=O) groups excluding carboxylic acids is 2. The topological polar surface area (TPSA) is 98.8 Å². The maximum Gasteiger partial charge on any atom is 0.189 e. The van der Waals surface area contributed by atoms with E-state index in [-0.39, 0.29) is 49.1 Å². The number of methoxy groups -OCH3 is 2. The standard InChI is InChI=1S/C30H34O9/c1-33-26-7-3-21(4-8-26)28-19-36-17-23-15-25(31)16-24(30(23)32)18-37-20-29(39-14-12-35-11-13-38-28)22-5-9-27(34-2)10-6-22/h3-10,15-16,28-29H,11-14,17-20H2,1-2H3/t28-,29-/m1/s1. The molecule has 2 aliphatic rings. The molecule has 2 atom stereocenters. The van der Waals surface area contributed by atoms with Crippen molar-refractivity contribution >= 4 is 11.6 Å². The molecular weight excluding hydrogens is 504 g/mol. The number of fused-ring (bicyclic) bond motifs is 2. The third-order valence-corrected chi connectivity index (χ3v) is 6.34. The summed E-state index contributed by atoms with van der Waals surface area (Å²) in [5.74, 6) is 0.917. The minimum Gasteiger partial charge on any atom is -0.497 e. The van der Waals surface area contributed by atoms with Crippen LogP contribution >= 0.6 is 0 Å². The van der Waals surface area contributed by atoms with E-state index in [9.17, 15) is 9.59 Å². The third kappa shape index (κ3) is 8.32. The first-order chi connectivity index (χ1) is 19.1. The zero-order chi connectivity index (χ0) is 27.5. The van der Waals surface area contributed by atoms with Crippen LogP contribution in [0.15, 0.2) is 71.8 Å². The number of ether oxygens (including phenoxy) is 7. The van der Waals surface area contributed by atoms with E-state index >= 15 is 0 Å². The predicted octanol–water partition coefficient (Wildman–Crippen LogP) is 3.59. The third-order valence-electron chi connectivity index (χ3n) is 6.34. The molecule has 0 saturated carbocycles. The van der Waals surface area contributed by atoms with Gasteiger partial charge in [-0.2, -0.15) is 0 Å². The Kier molecular flexibility index (Phi) is 10.8. The van der Waals surface area contributed by atoms with Crippen molar-refractivity contribution in [1.29, 1.82) is 0 Å². The van der Waals surface area contributed by atoms with Crippen LogP contribution in [0.1, 0.15) is 23.3 Å². The Morgan fingerprint density at radius 3 is 1.46 bits per heavy atom. The molecule has 0 amide bonds. The molecule has 39 heavy (non-hydrogen) atoms. The largest absolute Gasteiger partial charge is 0.497 e. The number of carbonyl (C=O) groups is 2. The van der Waals surface area contributed by atoms with E-state index in [0.717, 1.165) is 22.6 Å². The normalized spacial score (nSPS) is 22.2. The van der Waals surface area contributed by atoms with Gasteiger partial charge >= 0.3 is 0 Å². The molecule has 208 valence electrons. The fourth-order valence-corrected chi connectivity index (χ4v) is 4.21. The van der Waals surface area contributed by atoms with Crippen LogP contribution in [0.2, 0.25) is 0 Å². The highest BCUT2D eigenvalue weighted by atomic mass is 16.6. The highest BCUT2D eigenvalue weighted by Crippen LogP contribution is 2.24. The Hall–Kier alpha value is -3.34. The van der Waals surface area contributed by atoms with Crippen molar-refractivity contribution in [2.45, 2.75) is 12.2 Å². The molecule has 0 radical (unpaired) electrons. The van der Waals surface area contributed by atoms with Gasteiger partial charge in [0.25, 0.3) is 0 Å². The minimum atomic E-state index is -0.401. The van der Waals surface area contributed by atoms with Gasteiger partial charge in [0.2, 0.25) is 0 Å². The van der Waals surface area contributed by atoms with Crippen LogP contribution in [0.5, 0.6) is 11.5 Å². The molecule has 2 aromatic rings. The van der Waals surface area contributed by atoms with Gasteiger partial charge in [-0.15, -0.1) is 0 Å². The van der Waals surface area contributed by atoms with Gasteiger partial charge in [-0.1, -0.05) is 24.3 Å². The van der Waals surface area contributed by atoms with E-state index in [0.29, 0.717) is 26.4 Å². The van der Waals surface area contributed by atoms with E-state index in [4.69, 9.17) is 33.2 Å². The van der Waals surface area contributed by atoms with Crippen molar-refractivity contribution in [1.82, 2.24) is 0 Å². The quantitative estimate of drug-likeness (QED) is 0.541. The fraction of sp³-hybridized carbons (Fsp3) is 0.400. The smallest absolute Gasteiger partial charge is 0.189 e. The highest BCUT2D eigenvalue weighted by Gasteiger charge is 2.24. The number of benzene rings is 2. The Balaban J connectivity index is 1.47. The van der Waals surface area contributed by atoms with Gasteiger partial charge in [0.05, 0.1) is 67.1 Å². The number of ketones is 2. The van der Waals surface area contributed by atoms with E-state index in [1.165, 1.54) is 12.2 Å². The molecule has 0 unspecified atom stereocenters. The van der Waals surface area contributed by atoms with Gasteiger partial charge in [-0.05, 0) is 47.5 Å². The molecule has 0 aromatic heterocycles. The van der Waals surface area contributed by atoms with Gasteiger partial charge in [0, 0.05) is 11.1 Å². The summed E-state index contributed by atoms with van der Waals surface area (Å²) in [5.41, 5.74) is 2.35. The number of allylic oxidation sites excluding steroid dienone is 2. The van der Waals surface area contributed by atoms with Crippen LogP contribution < -0.4 is 9.47 Å². The average Bonchev–Trinajstić information content (AvgIpc) is 2.96. The second-order valence-electron chi connectivity index (χ2n) is 8.98. The lowest BCUT2D eigenvalue weighted by atomic mass is 9.97. The zero-order valence-electron chi connectivity index (χ0n) is 22.3. The molecule has 1 saturated heterocycles. The fourth-order valence-electron chi connectivity index (χ4n) is 4.21. The minimum absolute atomic E-state index is 0.0218. The lowest BCUT2D eigenvalue weighted by Crippen LogP contribution is -2.24. The second-order valence-corrected chi connectivity index (χ2v) is 8.98. The number of Topliss-reactive ketones (excluding diaryl/α,β-unsaturated/α-hetero) is 1. The summed E-state index contributed by atoms with van der Waals surface area (Å²) in [4.78, 5) is 25.4. The van der Waals surface area contributed by atoms with Crippen molar-refractivity contribution in [3.05, 3.63) is 83.0 Å². The first-order valence-electron chi connectivity index (χ1n) is 12.8. The van der Waals surface area contributed by atoms with E-state index in [2.05, 4.69) is 0 Å². The lowest BCUT2D eigenvalue weighted by Gasteiger charge is -2.22. The molecule has 1 aliphatic heterocycles. The summed E-state index contributed by atoms with van der Waals surface area (Å²) in [6, 6.07) is 15.0. The van der Waals surface area contributed by atoms with Crippen molar-refractivity contribution in [3.63, 3.8) is 0 Å². The molecular formula is C30H34O9. The summed E-state index contributed by atoms with van der Waals surface area (Å²) in [7, 11) is 3.21. The molecule has 0 spiro atoms. The second kappa shape index (κ2) is 14.7. The van der Waals surface area contributed by atoms with Gasteiger partial charge in [-0.25, -0.2) is 0 Å². The summed E-state index contributed by atoms with van der Waals surface area (Å²) in [5, 5.41) is 0. The predicted molar refractivity (Wildman–Crippen MR) is 142 cm³/mol. The molecule has 4 rings (SSSR count). The SMILES string of the molecule is COc1ccc([C@H]2COCC3=CC(=O)C=C(COC[C@H](c4ccc(OC)cc4)OCCOCCO2)C3=O)cc1. The molecule has 2 bridgehead atoms. The summed E-state index contributed by atoms with van der Waals surface area (Å²) >= 11 is 0. The summed E-state index contributed by atoms with van der Waals surface area (Å²) in [6.07, 6.45) is 1.82. The zero-order valence-corrected chi connectivity index (χ0v) is 22.3. The molecule has 1 aliphatic carbocycles. The van der Waals surface area contributed by atoms with Crippen LogP contribution in [-0.4, -0.2) is 78.6 Å². The lowest BCUT2D eigenvalue weighted by molar-refractivity contribution is -0.117. The van der Waals surface area contributed by atoms with Crippen LogP contribution in [0, 0.1) is 0 Å². The number of rotatable bonds is 4. The highest BCUT2D eigenvalue weighted by molar-refractivity contribution is 6.20. The van der Waals surface area contributed by atoms with Gasteiger partial charge in [-0.3, -0.25) is 9.59 Å². The summed E-state index contributed by atoms with van der Waals surface area (Å²) < 4.78 is 40.1. The molecule has 9 heteroatoms. The van der Waals surface area contributed by atoms with Crippen molar-refractivity contribution < 1.29 is 42.7 Å². The Morgan fingerprint density at radius 2 is 1.05 bits per heavy atom. The molecule has 1 heterocycles. The van der Waals surface area contributed by atoms with Crippen molar-refractivity contribution in [2.24, 2.45) is 0 Å². The van der Waals surface area contributed by atoms with Gasteiger partial charge < -0.3 is 33.2 Å². The van der Waals surface area contributed by atoms with Crippen LogP contribution in [0.3, 0.4) is 0 Å². The molecule has 2 aromatic carbocycles.